The average Bonchev–Trinajstić information content (AvgIpc) is 3.21. The Morgan fingerprint density at radius 2 is 2.14 bits per heavy atom. The molecule has 1 aliphatic heterocycles. The summed E-state index contributed by atoms with van der Waals surface area (Å²) in [6.07, 6.45) is 0.848. The summed E-state index contributed by atoms with van der Waals surface area (Å²) >= 11 is 1.77. The fraction of sp³-hybridized carbons (Fsp3) is 0.429. The zero-order valence-electron chi connectivity index (χ0n) is 17.1. The summed E-state index contributed by atoms with van der Waals surface area (Å²) in [5.41, 5.74) is 1.26. The SMILES string of the molecule is CN=C(NCC(=O)N1CCc2sccc2C1)NCC(C)Oc1cccc(OC)c1. The second kappa shape index (κ2) is 10.2. The number of ether oxygens (including phenoxy) is 2. The van der Waals surface area contributed by atoms with E-state index in [4.69, 9.17) is 9.47 Å². The number of nitrogens with one attached hydrogen (secondary N) is 2. The Kier molecular flexibility index (Phi) is 7.35. The third kappa shape index (κ3) is 5.87. The molecule has 1 aromatic heterocycles. The molecule has 2 heterocycles. The summed E-state index contributed by atoms with van der Waals surface area (Å²) in [5.74, 6) is 2.15. The number of hydrogen-bond acceptors (Lipinski definition) is 5. The van der Waals surface area contributed by atoms with Gasteiger partial charge >= 0.3 is 0 Å². The van der Waals surface area contributed by atoms with Crippen LogP contribution in [0, 0.1) is 0 Å². The number of carbonyl (C=O) groups is 1. The number of amides is 1. The van der Waals surface area contributed by atoms with Gasteiger partial charge in [0.2, 0.25) is 5.91 Å². The summed E-state index contributed by atoms with van der Waals surface area (Å²) in [4.78, 5) is 20.0. The van der Waals surface area contributed by atoms with Gasteiger partial charge in [0, 0.05) is 31.1 Å². The lowest BCUT2D eigenvalue weighted by Gasteiger charge is -2.27. The number of methoxy groups -OCH3 is 1. The zero-order chi connectivity index (χ0) is 20.6. The van der Waals surface area contributed by atoms with Gasteiger partial charge < -0.3 is 25.0 Å². The summed E-state index contributed by atoms with van der Waals surface area (Å²) in [6, 6.07) is 9.61. The van der Waals surface area contributed by atoms with Crippen LogP contribution in [0.4, 0.5) is 0 Å². The van der Waals surface area contributed by atoms with Crippen LogP contribution in [0.5, 0.6) is 11.5 Å². The molecule has 1 unspecified atom stereocenters. The maximum Gasteiger partial charge on any atom is 0.242 e. The largest absolute Gasteiger partial charge is 0.497 e. The van der Waals surface area contributed by atoms with Crippen molar-refractivity contribution in [3.63, 3.8) is 0 Å². The highest BCUT2D eigenvalue weighted by atomic mass is 32.1. The van der Waals surface area contributed by atoms with E-state index in [2.05, 4.69) is 27.1 Å². The van der Waals surface area contributed by atoms with Gasteiger partial charge in [-0.1, -0.05) is 6.07 Å². The Balaban J connectivity index is 1.41. The van der Waals surface area contributed by atoms with Crippen molar-refractivity contribution in [2.75, 3.05) is 33.8 Å². The summed E-state index contributed by atoms with van der Waals surface area (Å²) in [6.45, 7) is 4.19. The number of rotatable bonds is 7. The van der Waals surface area contributed by atoms with E-state index in [1.165, 1.54) is 10.4 Å². The van der Waals surface area contributed by atoms with Crippen molar-refractivity contribution in [3.05, 3.63) is 46.2 Å². The van der Waals surface area contributed by atoms with Gasteiger partial charge in [0.05, 0.1) is 20.2 Å². The lowest BCUT2D eigenvalue weighted by atomic mass is 10.1. The van der Waals surface area contributed by atoms with Gasteiger partial charge in [0.15, 0.2) is 5.96 Å². The first-order valence-corrected chi connectivity index (χ1v) is 10.5. The van der Waals surface area contributed by atoms with Crippen molar-refractivity contribution in [3.8, 4) is 11.5 Å². The molecule has 0 spiro atoms. The number of benzene rings is 1. The highest BCUT2D eigenvalue weighted by Gasteiger charge is 2.21. The van der Waals surface area contributed by atoms with E-state index in [0.717, 1.165) is 24.5 Å². The molecule has 7 nitrogen and oxygen atoms in total. The van der Waals surface area contributed by atoms with Gasteiger partial charge in [0.25, 0.3) is 0 Å². The van der Waals surface area contributed by atoms with E-state index in [0.29, 0.717) is 19.0 Å². The first-order valence-electron chi connectivity index (χ1n) is 9.67. The fourth-order valence-electron chi connectivity index (χ4n) is 3.14. The zero-order valence-corrected chi connectivity index (χ0v) is 17.9. The number of fused-ring (bicyclic) bond motifs is 1. The van der Waals surface area contributed by atoms with Gasteiger partial charge in [0.1, 0.15) is 17.6 Å². The lowest BCUT2D eigenvalue weighted by molar-refractivity contribution is -0.130. The molecule has 3 rings (SSSR count). The Bertz CT molecular complexity index is 852. The van der Waals surface area contributed by atoms with Crippen molar-refractivity contribution in [2.45, 2.75) is 26.0 Å². The molecule has 29 heavy (non-hydrogen) atoms. The molecule has 0 saturated carbocycles. The molecule has 0 saturated heterocycles. The van der Waals surface area contributed by atoms with Crippen molar-refractivity contribution < 1.29 is 14.3 Å². The van der Waals surface area contributed by atoms with Crippen LogP contribution >= 0.6 is 11.3 Å². The van der Waals surface area contributed by atoms with Crippen molar-refractivity contribution in [1.82, 2.24) is 15.5 Å². The summed E-state index contributed by atoms with van der Waals surface area (Å²) in [5, 5.41) is 8.39. The van der Waals surface area contributed by atoms with E-state index in [1.54, 1.807) is 25.5 Å². The predicted octanol–water partition coefficient (Wildman–Crippen LogP) is 2.27. The standard InChI is InChI=1S/C21H28N4O3S/c1-15(28-18-6-4-5-17(11-18)27-3)12-23-21(22-2)24-13-20(26)25-9-7-19-16(14-25)8-10-29-19/h4-6,8,10-11,15H,7,9,12-14H2,1-3H3,(H2,22,23,24). The second-order valence-electron chi connectivity index (χ2n) is 6.85. The molecular weight excluding hydrogens is 388 g/mol. The molecule has 0 bridgehead atoms. The van der Waals surface area contributed by atoms with Gasteiger partial charge in [-0.15, -0.1) is 11.3 Å². The monoisotopic (exact) mass is 416 g/mol. The normalized spacial score (nSPS) is 14.7. The van der Waals surface area contributed by atoms with E-state index in [1.807, 2.05) is 36.1 Å². The predicted molar refractivity (Wildman–Crippen MR) is 116 cm³/mol. The van der Waals surface area contributed by atoms with Gasteiger partial charge in [-0.05, 0) is 42.5 Å². The molecule has 1 atom stereocenters. The van der Waals surface area contributed by atoms with Crippen LogP contribution in [0.25, 0.3) is 0 Å². The summed E-state index contributed by atoms with van der Waals surface area (Å²) < 4.78 is 11.1. The molecule has 0 radical (unpaired) electrons. The third-order valence-electron chi connectivity index (χ3n) is 4.73. The van der Waals surface area contributed by atoms with Crippen LogP contribution in [0.3, 0.4) is 0 Å². The maximum absolute atomic E-state index is 12.5. The Morgan fingerprint density at radius 1 is 1.31 bits per heavy atom. The molecule has 2 aromatic rings. The number of carbonyl (C=O) groups excluding carboxylic acids is 1. The van der Waals surface area contributed by atoms with Crippen LogP contribution in [0.1, 0.15) is 17.4 Å². The molecule has 1 aromatic carbocycles. The molecule has 2 N–H and O–H groups in total. The van der Waals surface area contributed by atoms with E-state index < -0.39 is 0 Å². The molecule has 0 fully saturated rings. The molecule has 1 amide bonds. The number of thiophene rings is 1. The number of guanidine groups is 1. The number of aliphatic imine (C=N–C) groups is 1. The van der Waals surface area contributed by atoms with E-state index in [-0.39, 0.29) is 18.6 Å². The van der Waals surface area contributed by atoms with Crippen LogP contribution in [0.2, 0.25) is 0 Å². The highest BCUT2D eigenvalue weighted by molar-refractivity contribution is 7.10. The molecule has 156 valence electrons. The molecule has 8 heteroatoms. The minimum atomic E-state index is -0.0875. The topological polar surface area (TPSA) is 75.2 Å². The first kappa shape index (κ1) is 21.0. The molecule has 1 aliphatic rings. The minimum absolute atomic E-state index is 0.0745. The second-order valence-corrected chi connectivity index (χ2v) is 7.85. The smallest absolute Gasteiger partial charge is 0.242 e. The van der Waals surface area contributed by atoms with Crippen molar-refractivity contribution in [2.24, 2.45) is 4.99 Å². The molecular formula is C21H28N4O3S. The van der Waals surface area contributed by atoms with Crippen LogP contribution in [-0.2, 0) is 17.8 Å². The summed E-state index contributed by atoms with van der Waals surface area (Å²) in [7, 11) is 3.32. The number of nitrogens with zero attached hydrogens (tertiary/aromatic N) is 2. The maximum atomic E-state index is 12.5. The third-order valence-corrected chi connectivity index (χ3v) is 5.75. The van der Waals surface area contributed by atoms with Gasteiger partial charge in [-0.2, -0.15) is 0 Å². The lowest BCUT2D eigenvalue weighted by Crippen LogP contribution is -2.47. The minimum Gasteiger partial charge on any atom is -0.497 e. The van der Waals surface area contributed by atoms with Crippen LogP contribution in [0.15, 0.2) is 40.7 Å². The highest BCUT2D eigenvalue weighted by Crippen LogP contribution is 2.23. The van der Waals surface area contributed by atoms with E-state index in [9.17, 15) is 4.79 Å². The Morgan fingerprint density at radius 3 is 2.93 bits per heavy atom. The molecule has 0 aliphatic carbocycles. The van der Waals surface area contributed by atoms with Crippen molar-refractivity contribution >= 4 is 23.2 Å². The van der Waals surface area contributed by atoms with Gasteiger partial charge in [-0.3, -0.25) is 9.79 Å². The van der Waals surface area contributed by atoms with Crippen LogP contribution < -0.4 is 20.1 Å². The van der Waals surface area contributed by atoms with Gasteiger partial charge in [-0.25, -0.2) is 0 Å². The average molecular weight is 417 g/mol. The Labute approximate surface area is 175 Å². The van der Waals surface area contributed by atoms with Crippen LogP contribution in [-0.4, -0.2) is 56.7 Å². The fourth-order valence-corrected chi connectivity index (χ4v) is 4.03. The van der Waals surface area contributed by atoms with Crippen molar-refractivity contribution in [1.29, 1.82) is 0 Å². The number of hydrogen-bond donors (Lipinski definition) is 2. The quantitative estimate of drug-likeness (QED) is 0.535. The Hall–Kier alpha value is -2.74. The first-order chi connectivity index (χ1) is 14.1. The van der Waals surface area contributed by atoms with E-state index >= 15 is 0 Å².